The number of nitrogens with one attached hydrogen (secondary N) is 2. The zero-order valence-electron chi connectivity index (χ0n) is 9.36. The van der Waals surface area contributed by atoms with Crippen molar-refractivity contribution in [1.29, 1.82) is 0 Å². The van der Waals surface area contributed by atoms with Crippen LogP contribution in [0, 0.1) is 5.41 Å². The van der Waals surface area contributed by atoms with Crippen LogP contribution in [-0.2, 0) is 4.79 Å². The fourth-order valence-electron chi connectivity index (χ4n) is 2.06. The van der Waals surface area contributed by atoms with Crippen LogP contribution < -0.4 is 10.6 Å². The number of amides is 1. The molecule has 0 unspecified atom stereocenters. The smallest absolute Gasteiger partial charge is 0.225 e. The zero-order valence-corrected chi connectivity index (χ0v) is 9.36. The van der Waals surface area contributed by atoms with E-state index in [1.807, 2.05) is 7.05 Å². The lowest BCUT2D eigenvalue weighted by atomic mass is 9.88. The van der Waals surface area contributed by atoms with Crippen molar-refractivity contribution in [3.63, 3.8) is 0 Å². The van der Waals surface area contributed by atoms with E-state index in [4.69, 9.17) is 0 Å². The second kappa shape index (κ2) is 5.35. The molecule has 0 aliphatic heterocycles. The molecular formula is C11H22N2O. The maximum atomic E-state index is 11.8. The van der Waals surface area contributed by atoms with Crippen LogP contribution in [0.2, 0.25) is 0 Å². The maximum Gasteiger partial charge on any atom is 0.225 e. The molecular weight excluding hydrogens is 176 g/mol. The third-order valence-electron chi connectivity index (χ3n) is 3.14. The Morgan fingerprint density at radius 2 is 1.93 bits per heavy atom. The minimum Gasteiger partial charge on any atom is -0.356 e. The quantitative estimate of drug-likeness (QED) is 0.654. The summed E-state index contributed by atoms with van der Waals surface area (Å²) < 4.78 is 0. The SMILES string of the molecule is CNCCCNC(=O)C1(C)CCCC1. The Morgan fingerprint density at radius 3 is 2.50 bits per heavy atom. The average molecular weight is 198 g/mol. The number of carbonyl (C=O) groups is 1. The van der Waals surface area contributed by atoms with E-state index in [1.54, 1.807) is 0 Å². The molecule has 1 aliphatic carbocycles. The van der Waals surface area contributed by atoms with Crippen LogP contribution in [0.15, 0.2) is 0 Å². The molecule has 1 aliphatic rings. The van der Waals surface area contributed by atoms with Gasteiger partial charge in [-0.15, -0.1) is 0 Å². The topological polar surface area (TPSA) is 41.1 Å². The van der Waals surface area contributed by atoms with Crippen LogP contribution in [0.5, 0.6) is 0 Å². The highest BCUT2D eigenvalue weighted by molar-refractivity contribution is 5.82. The first-order valence-electron chi connectivity index (χ1n) is 5.62. The molecule has 82 valence electrons. The number of carbonyl (C=O) groups excluding carboxylic acids is 1. The van der Waals surface area contributed by atoms with Gasteiger partial charge in [0, 0.05) is 12.0 Å². The Hall–Kier alpha value is -0.570. The van der Waals surface area contributed by atoms with E-state index in [0.29, 0.717) is 0 Å². The van der Waals surface area contributed by atoms with Gasteiger partial charge in [0.15, 0.2) is 0 Å². The number of hydrogen-bond donors (Lipinski definition) is 2. The molecule has 0 saturated heterocycles. The van der Waals surface area contributed by atoms with Crippen molar-refractivity contribution in [2.75, 3.05) is 20.1 Å². The van der Waals surface area contributed by atoms with Crippen LogP contribution >= 0.6 is 0 Å². The van der Waals surface area contributed by atoms with Crippen molar-refractivity contribution in [1.82, 2.24) is 10.6 Å². The minimum absolute atomic E-state index is 0.0698. The molecule has 14 heavy (non-hydrogen) atoms. The maximum absolute atomic E-state index is 11.8. The minimum atomic E-state index is -0.0698. The molecule has 0 aromatic carbocycles. The van der Waals surface area contributed by atoms with E-state index < -0.39 is 0 Å². The number of hydrogen-bond acceptors (Lipinski definition) is 2. The van der Waals surface area contributed by atoms with Crippen LogP contribution in [0.3, 0.4) is 0 Å². The monoisotopic (exact) mass is 198 g/mol. The molecule has 0 radical (unpaired) electrons. The summed E-state index contributed by atoms with van der Waals surface area (Å²) in [5.74, 6) is 0.256. The fourth-order valence-corrected chi connectivity index (χ4v) is 2.06. The van der Waals surface area contributed by atoms with Crippen molar-refractivity contribution < 1.29 is 4.79 Å². The highest BCUT2D eigenvalue weighted by atomic mass is 16.2. The lowest BCUT2D eigenvalue weighted by Crippen LogP contribution is -2.38. The van der Waals surface area contributed by atoms with Gasteiger partial charge in [-0.05, 0) is 32.9 Å². The van der Waals surface area contributed by atoms with Gasteiger partial charge in [-0.25, -0.2) is 0 Å². The normalized spacial score (nSPS) is 19.6. The summed E-state index contributed by atoms with van der Waals surface area (Å²) in [6.07, 6.45) is 5.55. The van der Waals surface area contributed by atoms with Crippen molar-refractivity contribution in [2.45, 2.75) is 39.0 Å². The summed E-state index contributed by atoms with van der Waals surface area (Å²) in [5.41, 5.74) is -0.0698. The fraction of sp³-hybridized carbons (Fsp3) is 0.909. The van der Waals surface area contributed by atoms with Crippen LogP contribution in [-0.4, -0.2) is 26.0 Å². The lowest BCUT2D eigenvalue weighted by Gasteiger charge is -2.22. The van der Waals surface area contributed by atoms with Crippen LogP contribution in [0.25, 0.3) is 0 Å². The second-order valence-electron chi connectivity index (χ2n) is 4.48. The van der Waals surface area contributed by atoms with E-state index in [9.17, 15) is 4.79 Å². The Bertz CT molecular complexity index is 186. The Labute approximate surface area is 86.6 Å². The van der Waals surface area contributed by atoms with E-state index >= 15 is 0 Å². The number of rotatable bonds is 5. The van der Waals surface area contributed by atoms with E-state index in [1.165, 1.54) is 12.8 Å². The molecule has 1 fully saturated rings. The first kappa shape index (κ1) is 11.5. The third-order valence-corrected chi connectivity index (χ3v) is 3.14. The first-order chi connectivity index (χ1) is 6.69. The summed E-state index contributed by atoms with van der Waals surface area (Å²) >= 11 is 0. The van der Waals surface area contributed by atoms with Gasteiger partial charge in [-0.2, -0.15) is 0 Å². The summed E-state index contributed by atoms with van der Waals surface area (Å²) in [4.78, 5) is 11.8. The van der Waals surface area contributed by atoms with Gasteiger partial charge in [-0.3, -0.25) is 4.79 Å². The van der Waals surface area contributed by atoms with Gasteiger partial charge in [0.1, 0.15) is 0 Å². The van der Waals surface area contributed by atoms with Gasteiger partial charge < -0.3 is 10.6 Å². The molecule has 0 atom stereocenters. The molecule has 1 rings (SSSR count). The Kier molecular flexibility index (Phi) is 4.39. The van der Waals surface area contributed by atoms with E-state index in [-0.39, 0.29) is 11.3 Å². The summed E-state index contributed by atoms with van der Waals surface area (Å²) in [6, 6.07) is 0. The molecule has 0 bridgehead atoms. The summed E-state index contributed by atoms with van der Waals surface area (Å²) in [6.45, 7) is 3.86. The second-order valence-corrected chi connectivity index (χ2v) is 4.48. The van der Waals surface area contributed by atoms with Gasteiger partial charge in [0.25, 0.3) is 0 Å². The van der Waals surface area contributed by atoms with Gasteiger partial charge in [0.2, 0.25) is 5.91 Å². The van der Waals surface area contributed by atoms with Crippen molar-refractivity contribution in [3.8, 4) is 0 Å². The van der Waals surface area contributed by atoms with Crippen LogP contribution in [0.4, 0.5) is 0 Å². The standard InChI is InChI=1S/C11H22N2O/c1-11(6-3-4-7-11)10(14)13-9-5-8-12-2/h12H,3-9H2,1-2H3,(H,13,14). The highest BCUT2D eigenvalue weighted by Gasteiger charge is 2.35. The van der Waals surface area contributed by atoms with Gasteiger partial charge in [0.05, 0.1) is 0 Å². The molecule has 1 saturated carbocycles. The molecule has 3 nitrogen and oxygen atoms in total. The largest absolute Gasteiger partial charge is 0.356 e. The molecule has 0 spiro atoms. The Morgan fingerprint density at radius 1 is 1.29 bits per heavy atom. The van der Waals surface area contributed by atoms with E-state index in [2.05, 4.69) is 17.6 Å². The highest BCUT2D eigenvalue weighted by Crippen LogP contribution is 2.37. The van der Waals surface area contributed by atoms with Crippen molar-refractivity contribution >= 4 is 5.91 Å². The average Bonchev–Trinajstić information content (AvgIpc) is 2.61. The predicted octanol–water partition coefficient (Wildman–Crippen LogP) is 1.29. The summed E-state index contributed by atoms with van der Waals surface area (Å²) in [5, 5.41) is 6.09. The molecule has 0 aromatic heterocycles. The first-order valence-corrected chi connectivity index (χ1v) is 5.62. The molecule has 3 heteroatoms. The molecule has 2 N–H and O–H groups in total. The van der Waals surface area contributed by atoms with Crippen molar-refractivity contribution in [3.05, 3.63) is 0 Å². The van der Waals surface area contributed by atoms with Crippen molar-refractivity contribution in [2.24, 2.45) is 5.41 Å². The van der Waals surface area contributed by atoms with Gasteiger partial charge in [-0.1, -0.05) is 19.8 Å². The third kappa shape index (κ3) is 2.98. The van der Waals surface area contributed by atoms with Gasteiger partial charge >= 0.3 is 0 Å². The molecule has 1 amide bonds. The summed E-state index contributed by atoms with van der Waals surface area (Å²) in [7, 11) is 1.93. The zero-order chi connectivity index (χ0) is 10.4. The lowest BCUT2D eigenvalue weighted by molar-refractivity contribution is -0.129. The predicted molar refractivity (Wildman–Crippen MR) is 58.1 cm³/mol. The van der Waals surface area contributed by atoms with E-state index in [0.717, 1.165) is 32.4 Å². The van der Waals surface area contributed by atoms with Crippen LogP contribution in [0.1, 0.15) is 39.0 Å². The molecule has 0 heterocycles. The molecule has 0 aromatic rings. The Balaban J connectivity index is 2.20.